The van der Waals surface area contributed by atoms with E-state index < -0.39 is 0 Å². The third-order valence-electron chi connectivity index (χ3n) is 1.77. The van der Waals surface area contributed by atoms with Crippen LogP contribution in [0.25, 0.3) is 0 Å². The van der Waals surface area contributed by atoms with Crippen molar-refractivity contribution in [1.29, 1.82) is 0 Å². The molecule has 0 N–H and O–H groups in total. The highest BCUT2D eigenvalue weighted by Crippen LogP contribution is 2.07. The van der Waals surface area contributed by atoms with E-state index in [0.717, 1.165) is 5.56 Å². The van der Waals surface area contributed by atoms with Gasteiger partial charge in [-0.1, -0.05) is 5.92 Å². The molecule has 1 heterocycles. The lowest BCUT2D eigenvalue weighted by atomic mass is 10.1. The average molecular weight is 173 g/mol. The van der Waals surface area contributed by atoms with Crippen molar-refractivity contribution in [3.8, 4) is 11.8 Å². The Morgan fingerprint density at radius 3 is 3.00 bits per heavy atom. The summed E-state index contributed by atoms with van der Waals surface area (Å²) < 4.78 is 0. The zero-order chi connectivity index (χ0) is 9.68. The van der Waals surface area contributed by atoms with Gasteiger partial charge in [-0.25, -0.2) is 0 Å². The first-order chi connectivity index (χ1) is 6.25. The lowest BCUT2D eigenvalue weighted by Crippen LogP contribution is -2.00. The van der Waals surface area contributed by atoms with Crippen LogP contribution >= 0.6 is 0 Å². The van der Waals surface area contributed by atoms with Crippen LogP contribution in [0.2, 0.25) is 0 Å². The first-order valence-electron chi connectivity index (χ1n) is 4.09. The Kier molecular flexibility index (Phi) is 3.22. The Morgan fingerprint density at radius 2 is 2.38 bits per heavy atom. The Morgan fingerprint density at radius 1 is 1.62 bits per heavy atom. The van der Waals surface area contributed by atoms with E-state index in [0.29, 0.717) is 5.56 Å². The first kappa shape index (κ1) is 9.47. The first-order valence-corrected chi connectivity index (χ1v) is 4.09. The van der Waals surface area contributed by atoms with Crippen LogP contribution in [0.5, 0.6) is 0 Å². The van der Waals surface area contributed by atoms with E-state index in [1.807, 2.05) is 13.0 Å². The van der Waals surface area contributed by atoms with Crippen LogP contribution in [0, 0.1) is 18.8 Å². The molecule has 0 bridgehead atoms. The van der Waals surface area contributed by atoms with Gasteiger partial charge in [0.25, 0.3) is 0 Å². The quantitative estimate of drug-likeness (QED) is 0.505. The van der Waals surface area contributed by atoms with Crippen molar-refractivity contribution in [2.45, 2.75) is 20.3 Å². The summed E-state index contributed by atoms with van der Waals surface area (Å²) in [6, 6.07) is 1.83. The Hall–Kier alpha value is -1.62. The predicted octanol–water partition coefficient (Wildman–Crippen LogP) is 1.99. The molecule has 1 aromatic heterocycles. The van der Waals surface area contributed by atoms with E-state index in [2.05, 4.69) is 16.8 Å². The van der Waals surface area contributed by atoms with Crippen molar-refractivity contribution in [2.24, 2.45) is 0 Å². The summed E-state index contributed by atoms with van der Waals surface area (Å²) in [6.45, 7) is 3.62. The summed E-state index contributed by atoms with van der Waals surface area (Å²) in [4.78, 5) is 15.4. The van der Waals surface area contributed by atoms with Gasteiger partial charge in [-0.05, 0) is 25.5 Å². The summed E-state index contributed by atoms with van der Waals surface area (Å²) in [7, 11) is 0. The summed E-state index contributed by atoms with van der Waals surface area (Å²) in [6.07, 6.45) is 3.55. The summed E-state index contributed by atoms with van der Waals surface area (Å²) in [5, 5.41) is 0. The van der Waals surface area contributed by atoms with Gasteiger partial charge < -0.3 is 0 Å². The number of aryl methyl sites for hydroxylation is 1. The van der Waals surface area contributed by atoms with Crippen LogP contribution in [-0.2, 0) is 0 Å². The number of rotatable bonds is 2. The number of ketones is 1. The Bertz CT molecular complexity index is 371. The van der Waals surface area contributed by atoms with Crippen molar-refractivity contribution >= 4 is 5.78 Å². The molecule has 0 aliphatic heterocycles. The molecule has 0 aromatic carbocycles. The second-order valence-electron chi connectivity index (χ2n) is 2.72. The molecule has 0 saturated carbocycles. The third kappa shape index (κ3) is 2.41. The van der Waals surface area contributed by atoms with Gasteiger partial charge in [0.05, 0.1) is 6.42 Å². The molecule has 0 spiro atoms. The van der Waals surface area contributed by atoms with Crippen LogP contribution in [0.4, 0.5) is 0 Å². The van der Waals surface area contributed by atoms with E-state index in [-0.39, 0.29) is 12.2 Å². The number of pyridine rings is 1. The topological polar surface area (TPSA) is 30.0 Å². The third-order valence-corrected chi connectivity index (χ3v) is 1.77. The average Bonchev–Trinajstić information content (AvgIpc) is 2.15. The van der Waals surface area contributed by atoms with Crippen molar-refractivity contribution < 1.29 is 4.79 Å². The molecule has 0 unspecified atom stereocenters. The number of nitrogens with zero attached hydrogens (tertiary/aromatic N) is 1. The number of hydrogen-bond acceptors (Lipinski definition) is 2. The fourth-order valence-corrected chi connectivity index (χ4v) is 1.02. The van der Waals surface area contributed by atoms with Crippen LogP contribution < -0.4 is 0 Å². The molecule has 2 nitrogen and oxygen atoms in total. The zero-order valence-corrected chi connectivity index (χ0v) is 7.79. The Balaban J connectivity index is 2.87. The largest absolute Gasteiger partial charge is 0.293 e. The predicted molar refractivity (Wildman–Crippen MR) is 51.4 cm³/mol. The number of aromatic nitrogens is 1. The van der Waals surface area contributed by atoms with Gasteiger partial charge in [-0.15, -0.1) is 5.92 Å². The van der Waals surface area contributed by atoms with Gasteiger partial charge >= 0.3 is 0 Å². The Labute approximate surface area is 78.0 Å². The molecule has 0 radical (unpaired) electrons. The molecule has 0 aliphatic carbocycles. The molecule has 0 amide bonds. The minimum Gasteiger partial charge on any atom is -0.293 e. The smallest absolute Gasteiger partial charge is 0.176 e. The molecule has 0 atom stereocenters. The molecule has 0 saturated heterocycles. The van der Waals surface area contributed by atoms with E-state index in [1.165, 1.54) is 0 Å². The fraction of sp³-hybridized carbons (Fsp3) is 0.273. The molecular weight excluding hydrogens is 162 g/mol. The van der Waals surface area contributed by atoms with Gasteiger partial charge in [0, 0.05) is 18.0 Å². The second-order valence-corrected chi connectivity index (χ2v) is 2.72. The zero-order valence-electron chi connectivity index (χ0n) is 7.79. The normalized spacial score (nSPS) is 8.77. The lowest BCUT2D eigenvalue weighted by Gasteiger charge is -1.99. The van der Waals surface area contributed by atoms with Gasteiger partial charge in [0.2, 0.25) is 0 Å². The van der Waals surface area contributed by atoms with Gasteiger partial charge in [-0.2, -0.15) is 0 Å². The standard InChI is InChI=1S/C11H11NO/c1-3-4-5-11(13)10-8-12-7-6-9(10)2/h6-8H,5H2,1-2H3. The maximum Gasteiger partial charge on any atom is 0.176 e. The second kappa shape index (κ2) is 4.42. The van der Waals surface area contributed by atoms with Crippen LogP contribution in [-0.4, -0.2) is 10.8 Å². The van der Waals surface area contributed by atoms with Gasteiger partial charge in [0.1, 0.15) is 0 Å². The van der Waals surface area contributed by atoms with Crippen molar-refractivity contribution in [3.05, 3.63) is 29.6 Å². The number of Topliss-reactive ketones (excluding diaryl/α,β-unsaturated/α-hetero) is 1. The summed E-state index contributed by atoms with van der Waals surface area (Å²) in [5.74, 6) is 5.48. The maximum absolute atomic E-state index is 11.5. The molecular formula is C11H11NO. The van der Waals surface area contributed by atoms with Crippen molar-refractivity contribution in [1.82, 2.24) is 4.98 Å². The number of carbonyl (C=O) groups excluding carboxylic acids is 1. The van der Waals surface area contributed by atoms with Crippen molar-refractivity contribution in [2.75, 3.05) is 0 Å². The highest BCUT2D eigenvalue weighted by Gasteiger charge is 2.06. The van der Waals surface area contributed by atoms with Gasteiger partial charge in [-0.3, -0.25) is 9.78 Å². The van der Waals surface area contributed by atoms with Crippen LogP contribution in [0.1, 0.15) is 29.3 Å². The minimum absolute atomic E-state index is 0.0416. The number of carbonyl (C=O) groups is 1. The molecule has 1 aromatic rings. The van der Waals surface area contributed by atoms with Crippen LogP contribution in [0.15, 0.2) is 18.5 Å². The summed E-state index contributed by atoms with van der Waals surface area (Å²) in [5.41, 5.74) is 1.63. The maximum atomic E-state index is 11.5. The fourth-order valence-electron chi connectivity index (χ4n) is 1.02. The van der Waals surface area contributed by atoms with Crippen LogP contribution in [0.3, 0.4) is 0 Å². The highest BCUT2D eigenvalue weighted by atomic mass is 16.1. The highest BCUT2D eigenvalue weighted by molar-refractivity contribution is 5.98. The van der Waals surface area contributed by atoms with E-state index in [1.54, 1.807) is 19.3 Å². The van der Waals surface area contributed by atoms with E-state index in [4.69, 9.17) is 0 Å². The molecule has 0 aliphatic rings. The van der Waals surface area contributed by atoms with E-state index in [9.17, 15) is 4.79 Å². The van der Waals surface area contributed by atoms with Crippen molar-refractivity contribution in [3.63, 3.8) is 0 Å². The molecule has 1 rings (SSSR count). The van der Waals surface area contributed by atoms with E-state index >= 15 is 0 Å². The van der Waals surface area contributed by atoms with Gasteiger partial charge in [0.15, 0.2) is 5.78 Å². The minimum atomic E-state index is 0.0416. The SMILES string of the molecule is CC#CCC(=O)c1cnccc1C. The molecule has 13 heavy (non-hydrogen) atoms. The molecule has 0 fully saturated rings. The molecule has 2 heteroatoms. The lowest BCUT2D eigenvalue weighted by molar-refractivity contribution is 0.0997. The molecule has 66 valence electrons. The number of hydrogen-bond donors (Lipinski definition) is 0. The monoisotopic (exact) mass is 173 g/mol. The summed E-state index contributed by atoms with van der Waals surface area (Å²) >= 11 is 0.